The van der Waals surface area contributed by atoms with Crippen molar-refractivity contribution in [1.82, 2.24) is 0 Å². The van der Waals surface area contributed by atoms with Crippen LogP contribution in [-0.2, 0) is 42.7 Å². The van der Waals surface area contributed by atoms with Gasteiger partial charge in [0.05, 0.1) is 6.61 Å². The van der Waals surface area contributed by atoms with Gasteiger partial charge in [-0.25, -0.2) is 0 Å². The van der Waals surface area contributed by atoms with Crippen LogP contribution in [0, 0.1) is 0 Å². The zero-order chi connectivity index (χ0) is 22.3. The summed E-state index contributed by atoms with van der Waals surface area (Å²) in [6.45, 7) is 2.99. The van der Waals surface area contributed by atoms with Gasteiger partial charge < -0.3 is 33.2 Å². The standard InChI is InChI=1S/C23H34O9/c1-14(24)27-20-19-18(31-23(32-19)11-7-4-8-12-23)17(29-21(20)28-15(2)25)16-13-26-22(30-16)9-5-3-6-10-22/h16-21H,3-13H2,1-2H3/t16-,17-,18+,19+,20+,21+/m0/s1. The van der Waals surface area contributed by atoms with Gasteiger partial charge in [-0.05, 0) is 25.7 Å². The molecule has 5 aliphatic rings. The van der Waals surface area contributed by atoms with E-state index in [9.17, 15) is 9.59 Å². The van der Waals surface area contributed by atoms with Gasteiger partial charge in [0, 0.05) is 39.5 Å². The zero-order valence-electron chi connectivity index (χ0n) is 18.9. The molecule has 5 fully saturated rings. The third-order valence-electron chi connectivity index (χ3n) is 7.29. The molecule has 0 unspecified atom stereocenters. The van der Waals surface area contributed by atoms with Gasteiger partial charge in [-0.15, -0.1) is 0 Å². The highest BCUT2D eigenvalue weighted by atomic mass is 16.8. The second kappa shape index (κ2) is 8.83. The number of fused-ring (bicyclic) bond motifs is 1. The Morgan fingerprint density at radius 2 is 1.31 bits per heavy atom. The number of hydrogen-bond acceptors (Lipinski definition) is 9. The van der Waals surface area contributed by atoms with Crippen LogP contribution >= 0.6 is 0 Å². The van der Waals surface area contributed by atoms with Gasteiger partial charge in [0.1, 0.15) is 24.4 Å². The van der Waals surface area contributed by atoms with Gasteiger partial charge in [-0.3, -0.25) is 9.59 Å². The predicted molar refractivity (Wildman–Crippen MR) is 108 cm³/mol. The lowest BCUT2D eigenvalue weighted by atomic mass is 9.93. The Morgan fingerprint density at radius 3 is 1.94 bits per heavy atom. The van der Waals surface area contributed by atoms with E-state index in [1.54, 1.807) is 0 Å². The van der Waals surface area contributed by atoms with Crippen molar-refractivity contribution in [2.24, 2.45) is 0 Å². The quantitative estimate of drug-likeness (QED) is 0.596. The maximum atomic E-state index is 11.9. The lowest BCUT2D eigenvalue weighted by molar-refractivity contribution is -0.292. The number of carbonyl (C=O) groups excluding carboxylic acids is 2. The van der Waals surface area contributed by atoms with Gasteiger partial charge in [0.15, 0.2) is 17.7 Å². The van der Waals surface area contributed by atoms with Gasteiger partial charge in [-0.1, -0.05) is 12.8 Å². The van der Waals surface area contributed by atoms with Crippen LogP contribution in [-0.4, -0.2) is 66.9 Å². The van der Waals surface area contributed by atoms with Crippen molar-refractivity contribution in [3.05, 3.63) is 0 Å². The molecule has 0 aromatic heterocycles. The lowest BCUT2D eigenvalue weighted by Crippen LogP contribution is -2.61. The molecule has 0 amide bonds. The van der Waals surface area contributed by atoms with Crippen LogP contribution in [0.1, 0.15) is 78.1 Å². The first-order valence-corrected chi connectivity index (χ1v) is 12.1. The Hall–Kier alpha value is -1.26. The fourth-order valence-corrected chi connectivity index (χ4v) is 5.92. The minimum atomic E-state index is -1.10. The van der Waals surface area contributed by atoms with Crippen molar-refractivity contribution in [1.29, 1.82) is 0 Å². The SMILES string of the molecule is CC(=O)O[C@@H]1O[C@@H]([C@@H]2COC3(CCCCC3)O2)[C@H]2OC3(CCCCC3)O[C@H]2[C@H]1OC(C)=O. The molecule has 9 heteroatoms. The monoisotopic (exact) mass is 454 g/mol. The lowest BCUT2D eigenvalue weighted by Gasteiger charge is -2.42. The molecule has 2 saturated carbocycles. The normalized spacial score (nSPS) is 40.2. The predicted octanol–water partition coefficient (Wildman–Crippen LogP) is 2.73. The highest BCUT2D eigenvalue weighted by Gasteiger charge is 2.63. The van der Waals surface area contributed by atoms with Crippen LogP contribution in [0.25, 0.3) is 0 Å². The summed E-state index contributed by atoms with van der Waals surface area (Å²) < 4.78 is 42.9. The first-order valence-electron chi connectivity index (χ1n) is 12.1. The van der Waals surface area contributed by atoms with E-state index >= 15 is 0 Å². The average Bonchev–Trinajstić information content (AvgIpc) is 3.32. The van der Waals surface area contributed by atoms with E-state index in [0.29, 0.717) is 6.61 Å². The molecule has 9 nitrogen and oxygen atoms in total. The molecule has 180 valence electrons. The van der Waals surface area contributed by atoms with Crippen molar-refractivity contribution in [3.8, 4) is 0 Å². The number of ether oxygens (including phenoxy) is 7. The van der Waals surface area contributed by atoms with Crippen LogP contribution in [0.15, 0.2) is 0 Å². The van der Waals surface area contributed by atoms with Crippen LogP contribution in [0.4, 0.5) is 0 Å². The molecule has 3 aliphatic heterocycles. The van der Waals surface area contributed by atoms with E-state index in [2.05, 4.69) is 0 Å². The summed E-state index contributed by atoms with van der Waals surface area (Å²) >= 11 is 0. The summed E-state index contributed by atoms with van der Waals surface area (Å²) in [5.74, 6) is -2.33. The van der Waals surface area contributed by atoms with Crippen molar-refractivity contribution in [2.75, 3.05) is 6.61 Å². The second-order valence-electron chi connectivity index (χ2n) is 9.73. The summed E-state index contributed by atoms with van der Waals surface area (Å²) in [5.41, 5.74) is 0. The number of hydrogen-bond donors (Lipinski definition) is 0. The Balaban J connectivity index is 1.42. The first kappa shape index (κ1) is 22.5. The van der Waals surface area contributed by atoms with Crippen molar-refractivity contribution < 1.29 is 42.7 Å². The summed E-state index contributed by atoms with van der Waals surface area (Å²) in [6.07, 6.45) is 5.60. The van der Waals surface area contributed by atoms with Gasteiger partial charge in [0.25, 0.3) is 0 Å². The van der Waals surface area contributed by atoms with Crippen molar-refractivity contribution in [3.63, 3.8) is 0 Å². The Morgan fingerprint density at radius 1 is 0.719 bits per heavy atom. The van der Waals surface area contributed by atoms with E-state index in [1.807, 2.05) is 0 Å². The average molecular weight is 455 g/mol. The summed E-state index contributed by atoms with van der Waals surface area (Å²) in [5, 5.41) is 0. The minimum Gasteiger partial charge on any atom is -0.453 e. The molecule has 32 heavy (non-hydrogen) atoms. The van der Waals surface area contributed by atoms with Gasteiger partial charge in [0.2, 0.25) is 6.29 Å². The smallest absolute Gasteiger partial charge is 0.305 e. The number of esters is 2. The summed E-state index contributed by atoms with van der Waals surface area (Å²) in [6, 6.07) is 0. The van der Waals surface area contributed by atoms with Crippen LogP contribution < -0.4 is 0 Å². The molecular weight excluding hydrogens is 420 g/mol. The minimum absolute atomic E-state index is 0.370. The van der Waals surface area contributed by atoms with Crippen molar-refractivity contribution in [2.45, 2.75) is 126 Å². The molecular formula is C23H34O9. The Labute approximate surface area is 188 Å². The highest BCUT2D eigenvalue weighted by Crippen LogP contribution is 2.48. The Kier molecular flexibility index (Phi) is 6.22. The largest absolute Gasteiger partial charge is 0.453 e. The third-order valence-corrected chi connectivity index (χ3v) is 7.29. The van der Waals surface area contributed by atoms with E-state index in [1.165, 1.54) is 20.3 Å². The molecule has 5 rings (SSSR count). The van der Waals surface area contributed by atoms with Gasteiger partial charge >= 0.3 is 11.9 Å². The van der Waals surface area contributed by atoms with E-state index in [4.69, 9.17) is 33.2 Å². The molecule has 0 bridgehead atoms. The molecule has 2 spiro atoms. The third kappa shape index (κ3) is 4.30. The summed E-state index contributed by atoms with van der Waals surface area (Å²) in [4.78, 5) is 23.7. The van der Waals surface area contributed by atoms with Crippen LogP contribution in [0.2, 0.25) is 0 Å². The Bertz CT molecular complexity index is 712. The van der Waals surface area contributed by atoms with Gasteiger partial charge in [-0.2, -0.15) is 0 Å². The fourth-order valence-electron chi connectivity index (χ4n) is 5.92. The molecule has 6 atom stereocenters. The molecule has 3 heterocycles. The first-order chi connectivity index (χ1) is 15.4. The zero-order valence-corrected chi connectivity index (χ0v) is 18.9. The second-order valence-corrected chi connectivity index (χ2v) is 9.73. The molecule has 0 radical (unpaired) electrons. The fraction of sp³-hybridized carbons (Fsp3) is 0.913. The van der Waals surface area contributed by atoms with Crippen LogP contribution in [0.5, 0.6) is 0 Å². The topological polar surface area (TPSA) is 98.8 Å². The maximum absolute atomic E-state index is 11.9. The van der Waals surface area contributed by atoms with E-state index in [-0.39, 0.29) is 6.10 Å². The molecule has 0 aromatic rings. The highest BCUT2D eigenvalue weighted by molar-refractivity contribution is 5.67. The maximum Gasteiger partial charge on any atom is 0.305 e. The molecule has 3 saturated heterocycles. The molecule has 0 aromatic carbocycles. The summed E-state index contributed by atoms with van der Waals surface area (Å²) in [7, 11) is 0. The molecule has 2 aliphatic carbocycles. The van der Waals surface area contributed by atoms with Crippen molar-refractivity contribution >= 4 is 11.9 Å². The van der Waals surface area contributed by atoms with E-state index < -0.39 is 54.2 Å². The van der Waals surface area contributed by atoms with Crippen LogP contribution in [0.3, 0.4) is 0 Å². The molecule has 0 N–H and O–H groups in total. The number of rotatable bonds is 3. The van der Waals surface area contributed by atoms with E-state index in [0.717, 1.165) is 57.8 Å². The number of carbonyl (C=O) groups is 2.